The van der Waals surface area contributed by atoms with Crippen molar-refractivity contribution in [3.05, 3.63) is 101 Å². The highest BCUT2D eigenvalue weighted by atomic mass is 32.1. The zero-order valence-corrected chi connectivity index (χ0v) is 19.5. The van der Waals surface area contributed by atoms with Gasteiger partial charge in [0.15, 0.2) is 5.13 Å². The van der Waals surface area contributed by atoms with Crippen LogP contribution >= 0.6 is 11.3 Å². The smallest absolute Gasteiger partial charge is 0.251 e. The zero-order chi connectivity index (χ0) is 24.8. The molecule has 35 heavy (non-hydrogen) atoms. The van der Waals surface area contributed by atoms with Gasteiger partial charge in [-0.2, -0.15) is 0 Å². The second-order valence-electron chi connectivity index (χ2n) is 7.39. The van der Waals surface area contributed by atoms with Crippen LogP contribution in [0.5, 0.6) is 0 Å². The molecule has 0 unspecified atom stereocenters. The summed E-state index contributed by atoms with van der Waals surface area (Å²) in [6, 6.07) is 16.6. The van der Waals surface area contributed by atoms with Gasteiger partial charge in [0, 0.05) is 29.6 Å². The van der Waals surface area contributed by atoms with Gasteiger partial charge in [0.25, 0.3) is 5.91 Å². The predicted octanol–water partition coefficient (Wildman–Crippen LogP) is 5.79. The maximum Gasteiger partial charge on any atom is 0.251 e. The molecule has 0 fully saturated rings. The van der Waals surface area contributed by atoms with Crippen molar-refractivity contribution < 1.29 is 18.4 Å². The Labute approximate surface area is 205 Å². The van der Waals surface area contributed by atoms with E-state index in [0.29, 0.717) is 27.8 Å². The summed E-state index contributed by atoms with van der Waals surface area (Å²) in [4.78, 5) is 32.6. The molecular weight excluding hydrogens is 465 g/mol. The number of furan rings is 1. The van der Waals surface area contributed by atoms with E-state index >= 15 is 0 Å². The molecule has 4 rings (SSSR count). The summed E-state index contributed by atoms with van der Waals surface area (Å²) in [5, 5.41) is 1.98. The molecule has 8 heteroatoms. The van der Waals surface area contributed by atoms with Crippen molar-refractivity contribution >= 4 is 45.7 Å². The van der Waals surface area contributed by atoms with Gasteiger partial charge >= 0.3 is 0 Å². The maximum absolute atomic E-state index is 14.3. The van der Waals surface area contributed by atoms with E-state index in [4.69, 9.17) is 10.8 Å². The molecule has 0 aliphatic rings. The Kier molecular flexibility index (Phi) is 7.19. The molecule has 0 N–H and O–H groups in total. The van der Waals surface area contributed by atoms with Crippen LogP contribution < -0.4 is 9.80 Å². The van der Waals surface area contributed by atoms with Crippen molar-refractivity contribution in [3.63, 3.8) is 0 Å². The van der Waals surface area contributed by atoms with Crippen molar-refractivity contribution in [1.29, 1.82) is 0 Å². The average Bonchev–Trinajstić information content (AvgIpc) is 3.55. The highest BCUT2D eigenvalue weighted by Gasteiger charge is 2.21. The van der Waals surface area contributed by atoms with Gasteiger partial charge in [0.2, 0.25) is 5.91 Å². The number of benzene rings is 2. The summed E-state index contributed by atoms with van der Waals surface area (Å²) in [6.45, 7) is 1.54. The average molecular weight is 486 g/mol. The van der Waals surface area contributed by atoms with E-state index in [1.807, 2.05) is 0 Å². The first-order valence-corrected chi connectivity index (χ1v) is 11.4. The summed E-state index contributed by atoms with van der Waals surface area (Å²) >= 11 is 1.17. The number of aromatic nitrogens is 1. The summed E-state index contributed by atoms with van der Waals surface area (Å²) in [5.74, 6) is 1.95. The standard InChI is InChI=1S/C27H20FN3O3S/c1-3-20-8-6-9-22(16-20)30(17-23-10-7-15-34-23)26(33)14-13-21-18-35-27(29-21)31(19(2)32)25-12-5-4-11-24(25)28/h1,4-16,18H,17H2,2H3/b14-13-. The summed E-state index contributed by atoms with van der Waals surface area (Å²) in [7, 11) is 0. The molecule has 0 spiro atoms. The number of carbonyl (C=O) groups is 2. The largest absolute Gasteiger partial charge is 0.467 e. The second-order valence-corrected chi connectivity index (χ2v) is 8.23. The predicted molar refractivity (Wildman–Crippen MR) is 135 cm³/mol. The van der Waals surface area contributed by atoms with Crippen LogP contribution in [-0.4, -0.2) is 16.8 Å². The number of amides is 2. The van der Waals surface area contributed by atoms with E-state index in [1.54, 1.807) is 66.3 Å². The maximum atomic E-state index is 14.3. The Hall–Kier alpha value is -4.48. The molecule has 0 atom stereocenters. The first-order valence-electron chi connectivity index (χ1n) is 10.6. The first-order chi connectivity index (χ1) is 17.0. The van der Waals surface area contributed by atoms with E-state index in [9.17, 15) is 14.0 Å². The van der Waals surface area contributed by atoms with Gasteiger partial charge in [-0.05, 0) is 48.5 Å². The van der Waals surface area contributed by atoms with Crippen molar-refractivity contribution in [3.8, 4) is 12.3 Å². The van der Waals surface area contributed by atoms with Crippen LogP contribution in [0.1, 0.15) is 23.9 Å². The monoisotopic (exact) mass is 485 g/mol. The van der Waals surface area contributed by atoms with Gasteiger partial charge in [-0.15, -0.1) is 17.8 Å². The number of nitrogens with zero attached hydrogens (tertiary/aromatic N) is 3. The molecule has 2 heterocycles. The molecule has 0 saturated heterocycles. The van der Waals surface area contributed by atoms with E-state index in [2.05, 4.69) is 10.9 Å². The minimum atomic E-state index is -0.534. The third-order valence-electron chi connectivity index (χ3n) is 4.99. The van der Waals surface area contributed by atoms with Crippen molar-refractivity contribution in [2.75, 3.05) is 9.80 Å². The molecule has 0 saturated carbocycles. The molecule has 2 amide bonds. The Morgan fingerprint density at radius 1 is 1.17 bits per heavy atom. The minimum Gasteiger partial charge on any atom is -0.467 e. The van der Waals surface area contributed by atoms with Crippen molar-refractivity contribution in [1.82, 2.24) is 4.98 Å². The molecule has 0 aliphatic heterocycles. The topological polar surface area (TPSA) is 66.7 Å². The van der Waals surface area contributed by atoms with Gasteiger partial charge in [0.05, 0.1) is 24.2 Å². The van der Waals surface area contributed by atoms with Gasteiger partial charge < -0.3 is 9.32 Å². The van der Waals surface area contributed by atoms with E-state index < -0.39 is 5.82 Å². The minimum absolute atomic E-state index is 0.110. The fourth-order valence-corrected chi connectivity index (χ4v) is 4.21. The highest BCUT2D eigenvalue weighted by molar-refractivity contribution is 7.14. The fraction of sp³-hybridized carbons (Fsp3) is 0.0741. The zero-order valence-electron chi connectivity index (χ0n) is 18.7. The SMILES string of the molecule is C#Cc1cccc(N(Cc2ccco2)C(=O)/C=C\c2csc(N(C(C)=O)c3ccccc3F)n2)c1. The highest BCUT2D eigenvalue weighted by Crippen LogP contribution is 2.31. The van der Waals surface area contributed by atoms with Crippen LogP contribution in [0.25, 0.3) is 6.08 Å². The first kappa shape index (κ1) is 23.7. The number of anilines is 3. The van der Waals surface area contributed by atoms with Gasteiger partial charge in [-0.3, -0.25) is 14.5 Å². The van der Waals surface area contributed by atoms with Crippen LogP contribution in [0.3, 0.4) is 0 Å². The van der Waals surface area contributed by atoms with Gasteiger partial charge in [0.1, 0.15) is 11.6 Å². The number of terminal acetylenes is 1. The van der Waals surface area contributed by atoms with E-state index in [1.165, 1.54) is 46.3 Å². The summed E-state index contributed by atoms with van der Waals surface area (Å²) in [5.41, 5.74) is 1.83. The van der Waals surface area contributed by atoms with Gasteiger partial charge in [-0.1, -0.05) is 24.1 Å². The number of carbonyl (C=O) groups excluding carboxylic acids is 2. The normalized spacial score (nSPS) is 10.8. The van der Waals surface area contributed by atoms with Crippen molar-refractivity contribution in [2.45, 2.75) is 13.5 Å². The van der Waals surface area contributed by atoms with Crippen LogP contribution in [0.15, 0.2) is 82.8 Å². The molecule has 6 nitrogen and oxygen atoms in total. The Morgan fingerprint density at radius 3 is 2.71 bits per heavy atom. The summed E-state index contributed by atoms with van der Waals surface area (Å²) in [6.07, 6.45) is 9.99. The quantitative estimate of drug-likeness (QED) is 0.246. The van der Waals surface area contributed by atoms with E-state index in [0.717, 1.165) is 0 Å². The Morgan fingerprint density at radius 2 is 2.00 bits per heavy atom. The number of halogens is 1. The lowest BCUT2D eigenvalue weighted by Crippen LogP contribution is -2.28. The van der Waals surface area contributed by atoms with E-state index in [-0.39, 0.29) is 24.0 Å². The number of rotatable bonds is 7. The Bertz CT molecular complexity index is 1420. The fourth-order valence-electron chi connectivity index (χ4n) is 3.36. The number of hydrogen-bond donors (Lipinski definition) is 0. The Balaban J connectivity index is 1.59. The lowest BCUT2D eigenvalue weighted by atomic mass is 10.2. The molecular formula is C27H20FN3O3S. The molecule has 0 radical (unpaired) electrons. The third-order valence-corrected chi connectivity index (χ3v) is 5.83. The van der Waals surface area contributed by atoms with Crippen LogP contribution in [-0.2, 0) is 16.1 Å². The molecule has 4 aromatic rings. The molecule has 2 aromatic heterocycles. The van der Waals surface area contributed by atoms with Crippen molar-refractivity contribution in [2.24, 2.45) is 0 Å². The molecule has 174 valence electrons. The molecule has 2 aromatic carbocycles. The van der Waals surface area contributed by atoms with Crippen LogP contribution in [0.2, 0.25) is 0 Å². The second kappa shape index (κ2) is 10.6. The molecule has 0 bridgehead atoms. The summed E-state index contributed by atoms with van der Waals surface area (Å²) < 4.78 is 19.7. The van der Waals surface area contributed by atoms with Crippen LogP contribution in [0.4, 0.5) is 20.9 Å². The lowest BCUT2D eigenvalue weighted by Gasteiger charge is -2.20. The number of para-hydroxylation sites is 1. The lowest BCUT2D eigenvalue weighted by molar-refractivity contribution is -0.116. The van der Waals surface area contributed by atoms with Gasteiger partial charge in [-0.25, -0.2) is 9.37 Å². The van der Waals surface area contributed by atoms with Crippen LogP contribution in [0, 0.1) is 18.2 Å². The number of hydrogen-bond acceptors (Lipinski definition) is 5. The molecule has 0 aliphatic carbocycles. The number of thiazole rings is 1. The third kappa shape index (κ3) is 5.54.